The van der Waals surface area contributed by atoms with Crippen molar-refractivity contribution < 1.29 is 19.0 Å². The monoisotopic (exact) mass is 331 g/mol. The summed E-state index contributed by atoms with van der Waals surface area (Å²) in [5.74, 6) is 1.37. The van der Waals surface area contributed by atoms with Crippen LogP contribution in [0.25, 0.3) is 10.9 Å². The quantitative estimate of drug-likeness (QED) is 0.879. The van der Waals surface area contributed by atoms with Gasteiger partial charge in [-0.25, -0.2) is 0 Å². The summed E-state index contributed by atoms with van der Waals surface area (Å²) < 4.78 is 16.1. The summed E-state index contributed by atoms with van der Waals surface area (Å²) in [5, 5.41) is 9.53. The molecule has 2 rings (SSSR count). The predicted octanol–water partition coefficient (Wildman–Crippen LogP) is 2.57. The van der Waals surface area contributed by atoms with E-state index in [4.69, 9.17) is 19.5 Å². The van der Waals surface area contributed by atoms with Crippen molar-refractivity contribution in [3.8, 4) is 23.3 Å². The van der Waals surface area contributed by atoms with E-state index in [1.807, 2.05) is 6.92 Å². The Bertz CT molecular complexity index is 791. The van der Waals surface area contributed by atoms with E-state index < -0.39 is 0 Å². The maximum atomic E-state index is 12.7. The molecule has 1 N–H and O–H groups in total. The first-order chi connectivity index (χ1) is 11.5. The van der Waals surface area contributed by atoms with Crippen molar-refractivity contribution in [3.05, 3.63) is 17.8 Å². The van der Waals surface area contributed by atoms with Gasteiger partial charge in [0.2, 0.25) is 0 Å². The summed E-state index contributed by atoms with van der Waals surface area (Å²) >= 11 is 0. The van der Waals surface area contributed by atoms with E-state index in [1.165, 1.54) is 19.1 Å². The number of aromatic amines is 1. The molecule has 1 heterocycles. The van der Waals surface area contributed by atoms with Crippen LogP contribution in [0.15, 0.2) is 12.1 Å². The molecule has 24 heavy (non-hydrogen) atoms. The lowest BCUT2D eigenvalue weighted by Gasteiger charge is -2.22. The Morgan fingerprint density at radius 3 is 2.46 bits per heavy atom. The Morgan fingerprint density at radius 1 is 1.25 bits per heavy atom. The third-order valence-corrected chi connectivity index (χ3v) is 4.04. The second kappa shape index (κ2) is 7.13. The Balaban J connectivity index is 2.54. The molecule has 128 valence electrons. The second-order valence-corrected chi connectivity index (χ2v) is 5.41. The zero-order chi connectivity index (χ0) is 17.9. The van der Waals surface area contributed by atoms with Crippen LogP contribution in [-0.4, -0.2) is 50.2 Å². The Kier molecular flexibility index (Phi) is 5.19. The summed E-state index contributed by atoms with van der Waals surface area (Å²) in [6, 6.07) is 5.31. The molecule has 0 saturated heterocycles. The van der Waals surface area contributed by atoms with Gasteiger partial charge in [0.15, 0.2) is 11.5 Å². The van der Waals surface area contributed by atoms with Gasteiger partial charge in [-0.3, -0.25) is 4.79 Å². The number of carbonyl (C=O) groups excluding carboxylic acids is 1. The van der Waals surface area contributed by atoms with Crippen molar-refractivity contribution in [1.29, 1.82) is 5.26 Å². The number of aromatic nitrogens is 1. The van der Waals surface area contributed by atoms with Crippen molar-refractivity contribution in [1.82, 2.24) is 9.88 Å². The van der Waals surface area contributed by atoms with E-state index in [2.05, 4.69) is 11.1 Å². The molecule has 7 heteroatoms. The van der Waals surface area contributed by atoms with Crippen LogP contribution in [0.1, 0.15) is 23.8 Å². The number of methoxy groups -OCH3 is 3. The summed E-state index contributed by atoms with van der Waals surface area (Å²) in [6.07, 6.45) is 0.267. The maximum Gasteiger partial charge on any atom is 0.270 e. The normalized spacial score (nSPS) is 11.7. The molecule has 0 bridgehead atoms. The number of rotatable bonds is 6. The van der Waals surface area contributed by atoms with Gasteiger partial charge in [0.05, 0.1) is 39.3 Å². The van der Waals surface area contributed by atoms with Crippen molar-refractivity contribution in [3.63, 3.8) is 0 Å². The van der Waals surface area contributed by atoms with Crippen LogP contribution in [0.5, 0.6) is 17.2 Å². The van der Waals surface area contributed by atoms with Crippen LogP contribution in [0, 0.1) is 11.3 Å². The third kappa shape index (κ3) is 2.95. The fourth-order valence-electron chi connectivity index (χ4n) is 2.51. The van der Waals surface area contributed by atoms with Crippen LogP contribution in [-0.2, 0) is 0 Å². The third-order valence-electron chi connectivity index (χ3n) is 4.04. The number of H-pyrrole nitrogens is 1. The number of benzene rings is 1. The topological polar surface area (TPSA) is 87.6 Å². The molecule has 0 saturated carbocycles. The number of nitrogens with zero attached hydrogens (tertiary/aromatic N) is 2. The summed E-state index contributed by atoms with van der Waals surface area (Å²) in [6.45, 7) is 1.83. The zero-order valence-electron chi connectivity index (χ0n) is 14.5. The number of nitriles is 1. The highest BCUT2D eigenvalue weighted by atomic mass is 16.5. The molecular formula is C17H21N3O4. The van der Waals surface area contributed by atoms with Crippen molar-refractivity contribution in [2.24, 2.45) is 0 Å². The van der Waals surface area contributed by atoms with Gasteiger partial charge in [0.1, 0.15) is 11.4 Å². The molecule has 0 aliphatic rings. The average Bonchev–Trinajstić information content (AvgIpc) is 3.03. The lowest BCUT2D eigenvalue weighted by molar-refractivity contribution is 0.0741. The van der Waals surface area contributed by atoms with Crippen molar-refractivity contribution in [2.75, 3.05) is 28.4 Å². The van der Waals surface area contributed by atoms with Crippen LogP contribution in [0.3, 0.4) is 0 Å². The van der Waals surface area contributed by atoms with E-state index in [0.717, 1.165) is 5.39 Å². The summed E-state index contributed by atoms with van der Waals surface area (Å²) in [4.78, 5) is 17.3. The average molecular weight is 331 g/mol. The number of hydrogen-bond acceptors (Lipinski definition) is 5. The minimum atomic E-state index is -0.211. The van der Waals surface area contributed by atoms with E-state index in [1.54, 1.807) is 26.3 Å². The maximum absolute atomic E-state index is 12.7. The number of nitrogens with one attached hydrogen (secondary N) is 1. The first-order valence-corrected chi connectivity index (χ1v) is 7.44. The summed E-state index contributed by atoms with van der Waals surface area (Å²) in [5.41, 5.74) is 1.01. The minimum absolute atomic E-state index is 0.188. The molecule has 1 amide bonds. The van der Waals surface area contributed by atoms with Gasteiger partial charge >= 0.3 is 0 Å². The molecule has 1 aromatic heterocycles. The first kappa shape index (κ1) is 17.5. The highest BCUT2D eigenvalue weighted by Gasteiger charge is 2.23. The number of fused-ring (bicyclic) bond motifs is 1. The number of amides is 1. The van der Waals surface area contributed by atoms with E-state index >= 15 is 0 Å². The fraction of sp³-hybridized carbons (Fsp3) is 0.412. The predicted molar refractivity (Wildman–Crippen MR) is 89.7 cm³/mol. The smallest absolute Gasteiger partial charge is 0.270 e. The zero-order valence-corrected chi connectivity index (χ0v) is 14.5. The molecule has 1 aromatic carbocycles. The van der Waals surface area contributed by atoms with Gasteiger partial charge < -0.3 is 24.1 Å². The molecule has 0 aliphatic carbocycles. The molecule has 1 atom stereocenters. The molecular weight excluding hydrogens is 310 g/mol. The molecule has 0 aliphatic heterocycles. The molecule has 1 unspecified atom stereocenters. The fourth-order valence-corrected chi connectivity index (χ4v) is 2.51. The van der Waals surface area contributed by atoms with Crippen LogP contribution >= 0.6 is 0 Å². The van der Waals surface area contributed by atoms with Crippen LogP contribution in [0.2, 0.25) is 0 Å². The van der Waals surface area contributed by atoms with E-state index in [9.17, 15) is 4.79 Å². The lowest BCUT2D eigenvalue weighted by Crippen LogP contribution is -2.35. The lowest BCUT2D eigenvalue weighted by atomic mass is 10.2. The van der Waals surface area contributed by atoms with Crippen molar-refractivity contribution in [2.45, 2.75) is 19.4 Å². The van der Waals surface area contributed by atoms with Crippen molar-refractivity contribution >= 4 is 16.8 Å². The number of ether oxygens (including phenoxy) is 3. The Morgan fingerprint density at radius 2 is 1.92 bits per heavy atom. The standard InChI is InChI=1S/C17H21N3O4/c1-10(6-7-18)20(2)17(21)12-8-11-13(22-3)9-14(23-4)16(24-5)15(11)19-12/h8-10,19H,6H2,1-5H3. The number of carbonyl (C=O) groups is 1. The summed E-state index contributed by atoms with van der Waals surface area (Å²) in [7, 11) is 6.30. The van der Waals surface area contributed by atoms with Gasteiger partial charge in [-0.2, -0.15) is 5.26 Å². The van der Waals surface area contributed by atoms with Gasteiger partial charge in [-0.15, -0.1) is 0 Å². The first-order valence-electron chi connectivity index (χ1n) is 7.44. The van der Waals surface area contributed by atoms with E-state index in [-0.39, 0.29) is 18.4 Å². The Hall–Kier alpha value is -2.88. The SMILES string of the molecule is COc1cc(OC)c2cc(C(=O)N(C)C(C)CC#N)[nH]c2c1OC. The highest BCUT2D eigenvalue weighted by molar-refractivity contribution is 6.02. The van der Waals surface area contributed by atoms with Gasteiger partial charge in [0, 0.05) is 24.5 Å². The van der Waals surface area contributed by atoms with Crippen LogP contribution in [0.4, 0.5) is 0 Å². The molecule has 0 fully saturated rings. The molecule has 0 radical (unpaired) electrons. The molecule has 0 spiro atoms. The number of hydrogen-bond donors (Lipinski definition) is 1. The van der Waals surface area contributed by atoms with Crippen LogP contribution < -0.4 is 14.2 Å². The van der Waals surface area contributed by atoms with Gasteiger partial charge in [0.25, 0.3) is 5.91 Å². The van der Waals surface area contributed by atoms with Gasteiger partial charge in [-0.05, 0) is 13.0 Å². The van der Waals surface area contributed by atoms with E-state index in [0.29, 0.717) is 28.5 Å². The largest absolute Gasteiger partial charge is 0.496 e. The minimum Gasteiger partial charge on any atom is -0.496 e. The molecule has 2 aromatic rings. The van der Waals surface area contributed by atoms with Gasteiger partial charge in [-0.1, -0.05) is 0 Å². The highest BCUT2D eigenvalue weighted by Crippen LogP contribution is 2.41. The second-order valence-electron chi connectivity index (χ2n) is 5.41. The Labute approximate surface area is 140 Å². The molecule has 7 nitrogen and oxygen atoms in total.